The number of aliphatic imine (C=N–C) groups is 1. The highest BCUT2D eigenvalue weighted by Crippen LogP contribution is 2.30. The van der Waals surface area contributed by atoms with Gasteiger partial charge in [-0.3, -0.25) is 4.99 Å². The number of aromatic nitrogens is 1. The number of hydrogen-bond acceptors (Lipinski definition) is 5. The number of sulfonamides is 1. The number of rotatable bonds is 4. The van der Waals surface area contributed by atoms with Gasteiger partial charge >= 0.3 is 0 Å². The van der Waals surface area contributed by atoms with Crippen LogP contribution in [0, 0.1) is 0 Å². The van der Waals surface area contributed by atoms with E-state index in [2.05, 4.69) is 9.98 Å². The summed E-state index contributed by atoms with van der Waals surface area (Å²) in [6.07, 6.45) is 1.52. The first-order valence-electron chi connectivity index (χ1n) is 7.87. The van der Waals surface area contributed by atoms with Gasteiger partial charge in [0.2, 0.25) is 10.0 Å². The topological polar surface area (TPSA) is 135 Å². The van der Waals surface area contributed by atoms with E-state index < -0.39 is 15.6 Å². The summed E-state index contributed by atoms with van der Waals surface area (Å²) in [5, 5.41) is 16.1. The van der Waals surface area contributed by atoms with E-state index in [1.807, 2.05) is 32.0 Å². The maximum absolute atomic E-state index is 11.3. The van der Waals surface area contributed by atoms with Crippen molar-refractivity contribution in [1.82, 2.24) is 4.98 Å². The molecular weight excluding hydrogens is 352 g/mol. The minimum Gasteiger partial charge on any atom is -0.494 e. The zero-order valence-electron chi connectivity index (χ0n) is 14.4. The molecule has 0 saturated carbocycles. The fourth-order valence-corrected chi connectivity index (χ4v) is 3.11. The number of primary sulfonamides is 1. The molecule has 0 unspecified atom stereocenters. The van der Waals surface area contributed by atoms with E-state index in [0.717, 1.165) is 16.5 Å². The standard InChI is InChI=1S/C18H20N4O3S/c1-18(2,19)11-3-8-16-14(9-11)15(17(23)22-16)10-21-12-4-6-13(7-5-12)26(20,24)25/h3-10,22-23H,19H2,1-2H3,(H2,20,24,25). The lowest BCUT2D eigenvalue weighted by Crippen LogP contribution is -2.28. The van der Waals surface area contributed by atoms with Crippen LogP contribution in [0.5, 0.6) is 5.88 Å². The molecule has 0 saturated heterocycles. The van der Waals surface area contributed by atoms with Crippen molar-refractivity contribution in [1.29, 1.82) is 0 Å². The first-order valence-corrected chi connectivity index (χ1v) is 9.41. The van der Waals surface area contributed by atoms with E-state index in [1.54, 1.807) is 0 Å². The molecule has 0 amide bonds. The molecule has 26 heavy (non-hydrogen) atoms. The van der Waals surface area contributed by atoms with E-state index >= 15 is 0 Å². The Kier molecular flexibility index (Phi) is 4.35. The Morgan fingerprint density at radius 2 is 1.81 bits per heavy atom. The molecule has 0 aliphatic rings. The molecule has 1 heterocycles. The fourth-order valence-electron chi connectivity index (χ4n) is 2.59. The number of nitrogens with zero attached hydrogens (tertiary/aromatic N) is 1. The van der Waals surface area contributed by atoms with Gasteiger partial charge in [-0.25, -0.2) is 13.6 Å². The Morgan fingerprint density at radius 1 is 1.15 bits per heavy atom. The molecule has 0 bridgehead atoms. The maximum Gasteiger partial charge on any atom is 0.238 e. The monoisotopic (exact) mass is 372 g/mol. The molecule has 6 N–H and O–H groups in total. The largest absolute Gasteiger partial charge is 0.494 e. The van der Waals surface area contributed by atoms with Crippen molar-refractivity contribution in [2.45, 2.75) is 24.3 Å². The lowest BCUT2D eigenvalue weighted by molar-refractivity contribution is 0.457. The number of H-pyrrole nitrogens is 1. The summed E-state index contributed by atoms with van der Waals surface area (Å²) >= 11 is 0. The fraction of sp³-hybridized carbons (Fsp3) is 0.167. The Bertz CT molecular complexity index is 1090. The molecule has 0 fully saturated rings. The summed E-state index contributed by atoms with van der Waals surface area (Å²) in [4.78, 5) is 7.22. The third kappa shape index (κ3) is 3.62. The van der Waals surface area contributed by atoms with Crippen LogP contribution in [0.25, 0.3) is 10.9 Å². The molecule has 0 atom stereocenters. The normalized spacial score (nSPS) is 12.9. The smallest absolute Gasteiger partial charge is 0.238 e. The van der Waals surface area contributed by atoms with Gasteiger partial charge in [-0.15, -0.1) is 0 Å². The van der Waals surface area contributed by atoms with Crippen molar-refractivity contribution in [3.05, 3.63) is 53.6 Å². The highest BCUT2D eigenvalue weighted by atomic mass is 32.2. The number of fused-ring (bicyclic) bond motifs is 1. The van der Waals surface area contributed by atoms with E-state index in [0.29, 0.717) is 11.3 Å². The van der Waals surface area contributed by atoms with E-state index in [1.165, 1.54) is 30.5 Å². The van der Waals surface area contributed by atoms with Gasteiger partial charge in [0.15, 0.2) is 5.88 Å². The third-order valence-corrected chi connectivity index (χ3v) is 5.00. The second-order valence-corrected chi connectivity index (χ2v) is 8.23. The molecule has 3 rings (SSSR count). The van der Waals surface area contributed by atoms with Crippen LogP contribution in [-0.4, -0.2) is 24.7 Å². The highest BCUT2D eigenvalue weighted by Gasteiger charge is 2.17. The van der Waals surface area contributed by atoms with Crippen LogP contribution in [0.1, 0.15) is 25.0 Å². The van der Waals surface area contributed by atoms with Gasteiger partial charge < -0.3 is 15.8 Å². The van der Waals surface area contributed by atoms with Crippen LogP contribution in [-0.2, 0) is 15.6 Å². The SMILES string of the molecule is CC(C)(N)c1ccc2[nH]c(O)c(C=Nc3ccc(S(N)(=O)=O)cc3)c2c1. The summed E-state index contributed by atoms with van der Waals surface area (Å²) in [6, 6.07) is 11.5. The zero-order valence-corrected chi connectivity index (χ0v) is 15.2. The van der Waals surface area contributed by atoms with E-state index in [4.69, 9.17) is 10.9 Å². The second-order valence-electron chi connectivity index (χ2n) is 6.67. The molecule has 7 nitrogen and oxygen atoms in total. The highest BCUT2D eigenvalue weighted by molar-refractivity contribution is 7.89. The van der Waals surface area contributed by atoms with Gasteiger partial charge in [0, 0.05) is 22.7 Å². The molecule has 2 aromatic carbocycles. The van der Waals surface area contributed by atoms with Crippen LogP contribution >= 0.6 is 0 Å². The van der Waals surface area contributed by atoms with E-state index in [-0.39, 0.29) is 10.8 Å². The van der Waals surface area contributed by atoms with Crippen LogP contribution in [0.4, 0.5) is 5.69 Å². The van der Waals surface area contributed by atoms with Crippen molar-refractivity contribution in [2.75, 3.05) is 0 Å². The average Bonchev–Trinajstić information content (AvgIpc) is 2.86. The van der Waals surface area contributed by atoms with Gasteiger partial charge in [-0.2, -0.15) is 0 Å². The van der Waals surface area contributed by atoms with Gasteiger partial charge in [-0.05, 0) is 55.8 Å². The quantitative estimate of drug-likeness (QED) is 0.523. The molecule has 3 aromatic rings. The number of aromatic hydroxyl groups is 1. The molecule has 0 spiro atoms. The molecule has 0 aliphatic carbocycles. The van der Waals surface area contributed by atoms with Crippen LogP contribution in [0.15, 0.2) is 52.4 Å². The number of nitrogens with one attached hydrogen (secondary N) is 1. The molecular formula is C18H20N4O3S. The Labute approximate surface area is 151 Å². The third-order valence-electron chi connectivity index (χ3n) is 4.07. The van der Waals surface area contributed by atoms with Crippen molar-refractivity contribution < 1.29 is 13.5 Å². The molecule has 8 heteroatoms. The van der Waals surface area contributed by atoms with Gasteiger partial charge in [0.05, 0.1) is 16.1 Å². The second kappa shape index (κ2) is 6.24. The van der Waals surface area contributed by atoms with Gasteiger partial charge in [-0.1, -0.05) is 6.07 Å². The van der Waals surface area contributed by atoms with Crippen molar-refractivity contribution in [3.8, 4) is 5.88 Å². The van der Waals surface area contributed by atoms with Gasteiger partial charge in [0.1, 0.15) is 0 Å². The Morgan fingerprint density at radius 3 is 2.38 bits per heavy atom. The van der Waals surface area contributed by atoms with Crippen LogP contribution in [0.2, 0.25) is 0 Å². The molecule has 1 aromatic heterocycles. The Balaban J connectivity index is 2.00. The number of nitrogens with two attached hydrogens (primary N) is 2. The van der Waals surface area contributed by atoms with Crippen molar-refractivity contribution in [2.24, 2.45) is 15.9 Å². The number of aromatic amines is 1. The number of benzene rings is 2. The minimum atomic E-state index is -3.74. The first kappa shape index (κ1) is 18.1. The Hall–Kier alpha value is -2.68. The summed E-state index contributed by atoms with van der Waals surface area (Å²) in [5.74, 6) is -0.00289. The predicted molar refractivity (Wildman–Crippen MR) is 102 cm³/mol. The van der Waals surface area contributed by atoms with Crippen molar-refractivity contribution >= 4 is 32.8 Å². The number of hydrogen-bond donors (Lipinski definition) is 4. The summed E-state index contributed by atoms with van der Waals surface area (Å²) in [6.45, 7) is 3.81. The molecule has 0 aliphatic heterocycles. The minimum absolute atomic E-state index is 0.00289. The predicted octanol–water partition coefficient (Wildman–Crippen LogP) is 2.47. The lowest BCUT2D eigenvalue weighted by atomic mass is 9.94. The lowest BCUT2D eigenvalue weighted by Gasteiger charge is -2.19. The van der Waals surface area contributed by atoms with Crippen LogP contribution in [0.3, 0.4) is 0 Å². The molecule has 136 valence electrons. The first-order chi connectivity index (χ1) is 12.1. The zero-order chi connectivity index (χ0) is 19.1. The average molecular weight is 372 g/mol. The maximum atomic E-state index is 11.3. The summed E-state index contributed by atoms with van der Waals surface area (Å²) in [5.41, 5.74) is 8.39. The summed E-state index contributed by atoms with van der Waals surface area (Å²) < 4.78 is 22.6. The van der Waals surface area contributed by atoms with E-state index in [9.17, 15) is 13.5 Å². The molecule has 0 radical (unpaired) electrons. The van der Waals surface area contributed by atoms with Gasteiger partial charge in [0.25, 0.3) is 0 Å². The van der Waals surface area contributed by atoms with Crippen LogP contribution < -0.4 is 10.9 Å². The van der Waals surface area contributed by atoms with Crippen molar-refractivity contribution in [3.63, 3.8) is 0 Å². The summed E-state index contributed by atoms with van der Waals surface area (Å²) in [7, 11) is -3.74.